The number of fused-ring (bicyclic) bond motifs is 4. The van der Waals surface area contributed by atoms with Crippen molar-refractivity contribution in [2.75, 3.05) is 4.90 Å². The normalized spacial score (nSPS) is 21.9. The molecule has 44 heavy (non-hydrogen) atoms. The van der Waals surface area contributed by atoms with Gasteiger partial charge in [-0.05, 0) is 79.9 Å². The van der Waals surface area contributed by atoms with Crippen molar-refractivity contribution in [2.24, 2.45) is 0 Å². The van der Waals surface area contributed by atoms with Gasteiger partial charge in [-0.25, -0.2) is 0 Å². The molecule has 212 valence electrons. The smallest absolute Gasteiger partial charge is 0.0991 e. The minimum atomic E-state index is -0.150. The average molecular weight is 569 g/mol. The van der Waals surface area contributed by atoms with Crippen LogP contribution in [0.15, 0.2) is 133 Å². The van der Waals surface area contributed by atoms with Gasteiger partial charge in [0.05, 0.1) is 34.3 Å². The van der Waals surface area contributed by atoms with Crippen LogP contribution in [0.5, 0.6) is 0 Å². The fraction of sp³-hybridized carbons (Fsp3) is 0.150. The van der Waals surface area contributed by atoms with E-state index < -0.39 is 0 Å². The monoisotopic (exact) mass is 568 g/mol. The zero-order chi connectivity index (χ0) is 30.4. The fourth-order valence-electron chi connectivity index (χ4n) is 7.31. The van der Waals surface area contributed by atoms with Crippen LogP contribution < -0.4 is 4.90 Å². The van der Waals surface area contributed by atoms with Gasteiger partial charge in [-0.2, -0.15) is 10.5 Å². The summed E-state index contributed by atoms with van der Waals surface area (Å²) in [5.41, 5.74) is 10.1. The number of anilines is 1. The third-order valence-corrected chi connectivity index (χ3v) is 9.41. The Morgan fingerprint density at radius 1 is 1.00 bits per heavy atom. The van der Waals surface area contributed by atoms with Gasteiger partial charge in [0.15, 0.2) is 0 Å². The second kappa shape index (κ2) is 10.6. The van der Waals surface area contributed by atoms with E-state index in [1.807, 2.05) is 24.3 Å². The van der Waals surface area contributed by atoms with Crippen LogP contribution in [0, 0.1) is 29.6 Å². The van der Waals surface area contributed by atoms with Crippen molar-refractivity contribution in [1.82, 2.24) is 4.57 Å². The van der Waals surface area contributed by atoms with Gasteiger partial charge in [0.2, 0.25) is 0 Å². The average Bonchev–Trinajstić information content (AvgIpc) is 3.49. The number of hydrogen-bond acceptors (Lipinski definition) is 3. The van der Waals surface area contributed by atoms with Crippen LogP contribution in [0.4, 0.5) is 5.69 Å². The first-order valence-corrected chi connectivity index (χ1v) is 15.0. The number of nitriles is 2. The number of hydrogen-bond donors (Lipinski definition) is 0. The van der Waals surface area contributed by atoms with E-state index in [4.69, 9.17) is 0 Å². The van der Waals surface area contributed by atoms with E-state index >= 15 is 0 Å². The lowest BCUT2D eigenvalue weighted by atomic mass is 9.80. The van der Waals surface area contributed by atoms with Crippen molar-refractivity contribution in [1.29, 1.82) is 10.5 Å². The molecule has 0 N–H and O–H groups in total. The highest BCUT2D eigenvalue weighted by Gasteiger charge is 2.47. The summed E-state index contributed by atoms with van der Waals surface area (Å²) in [6.45, 7) is 8.22. The summed E-state index contributed by atoms with van der Waals surface area (Å²) in [6, 6.07) is 27.8. The standard InChI is InChI=1S/C40H32N4/c1-4-28(25-41)21-35-27(2)43(38-19-18-29(26-42)22-36(35)38)32-13-9-11-30(23-32)31-12-10-14-33(24-31)44-39-17-6-5-15-34(39)37-16-7-8-20-40(37,44)3/h4-23,31,37H,1,24H2,2-3H3/b28-21+. The van der Waals surface area contributed by atoms with E-state index in [-0.39, 0.29) is 11.5 Å². The Morgan fingerprint density at radius 2 is 1.86 bits per heavy atom. The van der Waals surface area contributed by atoms with Crippen molar-refractivity contribution >= 4 is 22.7 Å². The number of rotatable bonds is 5. The summed E-state index contributed by atoms with van der Waals surface area (Å²) >= 11 is 0. The van der Waals surface area contributed by atoms with Gasteiger partial charge in [0.1, 0.15) is 0 Å². The summed E-state index contributed by atoms with van der Waals surface area (Å²) < 4.78 is 2.23. The minimum absolute atomic E-state index is 0.150. The van der Waals surface area contributed by atoms with Crippen molar-refractivity contribution < 1.29 is 0 Å². The number of para-hydroxylation sites is 1. The first-order chi connectivity index (χ1) is 21.5. The van der Waals surface area contributed by atoms with E-state index in [9.17, 15) is 10.5 Å². The van der Waals surface area contributed by atoms with Gasteiger partial charge < -0.3 is 9.47 Å². The summed E-state index contributed by atoms with van der Waals surface area (Å²) in [5.74, 6) is 0.528. The number of nitrogens with zero attached hydrogens (tertiary/aromatic N) is 4. The molecule has 4 heteroatoms. The molecule has 0 bridgehead atoms. The van der Waals surface area contributed by atoms with Crippen molar-refractivity contribution in [3.05, 3.63) is 161 Å². The topological polar surface area (TPSA) is 55.8 Å². The van der Waals surface area contributed by atoms with Crippen LogP contribution in [0.2, 0.25) is 0 Å². The second-order valence-electron chi connectivity index (χ2n) is 11.9. The number of allylic oxidation sites excluding steroid dienone is 8. The van der Waals surface area contributed by atoms with Crippen LogP contribution >= 0.6 is 0 Å². The van der Waals surface area contributed by atoms with Crippen LogP contribution in [0.1, 0.15) is 53.1 Å². The first-order valence-electron chi connectivity index (χ1n) is 15.0. The maximum Gasteiger partial charge on any atom is 0.0991 e. The zero-order valence-corrected chi connectivity index (χ0v) is 24.9. The Bertz CT molecular complexity index is 2080. The molecule has 0 radical (unpaired) electrons. The van der Waals surface area contributed by atoms with E-state index in [1.165, 1.54) is 22.5 Å². The predicted octanol–water partition coefficient (Wildman–Crippen LogP) is 9.32. The molecule has 1 aromatic heterocycles. The summed E-state index contributed by atoms with van der Waals surface area (Å²) in [6.07, 6.45) is 20.1. The quantitative estimate of drug-likeness (QED) is 0.178. The Morgan fingerprint density at radius 3 is 2.68 bits per heavy atom. The van der Waals surface area contributed by atoms with Gasteiger partial charge in [-0.3, -0.25) is 0 Å². The molecule has 0 fully saturated rings. The lowest BCUT2D eigenvalue weighted by molar-refractivity contribution is 0.516. The van der Waals surface area contributed by atoms with Crippen molar-refractivity contribution in [2.45, 2.75) is 37.6 Å². The SMILES string of the molecule is C=C/C(C#N)=C\c1c(C)n(-c2cccc(C3C=CC=C(N4c5ccccc5C5C=CC=CC54C)C3)c2)c2ccc(C#N)cc12. The van der Waals surface area contributed by atoms with Crippen molar-refractivity contribution in [3.63, 3.8) is 0 Å². The first kappa shape index (κ1) is 27.3. The molecule has 3 aliphatic rings. The Hall–Kier alpha value is -5.58. The molecule has 3 unspecified atom stereocenters. The largest absolute Gasteiger partial charge is 0.335 e. The molecule has 3 aromatic carbocycles. The number of benzene rings is 3. The molecule has 3 atom stereocenters. The van der Waals surface area contributed by atoms with Gasteiger partial charge in [-0.15, -0.1) is 0 Å². The molecule has 7 rings (SSSR count). The molecule has 2 heterocycles. The van der Waals surface area contributed by atoms with E-state index in [2.05, 4.69) is 133 Å². The van der Waals surface area contributed by atoms with Gasteiger partial charge >= 0.3 is 0 Å². The molecule has 0 saturated heterocycles. The third-order valence-electron chi connectivity index (χ3n) is 9.41. The maximum absolute atomic E-state index is 9.62. The van der Waals surface area contributed by atoms with Crippen LogP contribution in [-0.2, 0) is 0 Å². The van der Waals surface area contributed by atoms with Gasteiger partial charge in [-0.1, -0.05) is 79.4 Å². The molecule has 0 amide bonds. The molecular formula is C40H32N4. The summed E-state index contributed by atoms with van der Waals surface area (Å²) in [7, 11) is 0. The highest BCUT2D eigenvalue weighted by molar-refractivity contribution is 5.94. The highest BCUT2D eigenvalue weighted by atomic mass is 15.2. The van der Waals surface area contributed by atoms with Gasteiger partial charge in [0, 0.05) is 45.6 Å². The van der Waals surface area contributed by atoms with Crippen LogP contribution in [0.25, 0.3) is 22.7 Å². The molecule has 1 aliphatic heterocycles. The second-order valence-corrected chi connectivity index (χ2v) is 11.9. The van der Waals surface area contributed by atoms with Crippen LogP contribution in [0.3, 0.4) is 0 Å². The Balaban J connectivity index is 1.28. The maximum atomic E-state index is 9.62. The van der Waals surface area contributed by atoms with E-state index in [0.29, 0.717) is 17.1 Å². The predicted molar refractivity (Wildman–Crippen MR) is 179 cm³/mol. The fourth-order valence-corrected chi connectivity index (χ4v) is 7.31. The molecule has 2 aliphatic carbocycles. The van der Waals surface area contributed by atoms with Gasteiger partial charge in [0.25, 0.3) is 0 Å². The molecule has 0 spiro atoms. The summed E-state index contributed by atoms with van der Waals surface area (Å²) in [4.78, 5) is 2.55. The molecule has 0 saturated carbocycles. The Labute approximate surface area is 258 Å². The zero-order valence-electron chi connectivity index (χ0n) is 24.9. The van der Waals surface area contributed by atoms with E-state index in [0.717, 1.165) is 34.3 Å². The summed E-state index contributed by atoms with van der Waals surface area (Å²) in [5, 5.41) is 20.2. The lowest BCUT2D eigenvalue weighted by Gasteiger charge is -2.42. The number of aromatic nitrogens is 1. The lowest BCUT2D eigenvalue weighted by Crippen LogP contribution is -2.44. The van der Waals surface area contributed by atoms with E-state index in [1.54, 1.807) is 6.08 Å². The molecule has 4 nitrogen and oxygen atoms in total. The molecular weight excluding hydrogens is 536 g/mol. The minimum Gasteiger partial charge on any atom is -0.335 e. The highest BCUT2D eigenvalue weighted by Crippen LogP contribution is 2.53. The van der Waals surface area contributed by atoms with Crippen molar-refractivity contribution in [3.8, 4) is 17.8 Å². The third kappa shape index (κ3) is 4.19. The van der Waals surface area contributed by atoms with Crippen LogP contribution in [-0.4, -0.2) is 10.1 Å². The Kier molecular flexibility index (Phi) is 6.57. The molecule has 4 aromatic rings.